The molecule has 1 unspecified atom stereocenters. The number of nitrogens with one attached hydrogen (secondary N) is 1. The fourth-order valence-electron chi connectivity index (χ4n) is 2.15. The maximum Gasteiger partial charge on any atom is 0.249 e. The van der Waals surface area contributed by atoms with Crippen molar-refractivity contribution in [2.45, 2.75) is 32.7 Å². The van der Waals surface area contributed by atoms with Crippen LogP contribution in [0.3, 0.4) is 0 Å². The zero-order valence-corrected chi connectivity index (χ0v) is 12.6. The number of anilines is 1. The van der Waals surface area contributed by atoms with Gasteiger partial charge >= 0.3 is 0 Å². The molecule has 21 heavy (non-hydrogen) atoms. The first-order chi connectivity index (χ1) is 9.93. The van der Waals surface area contributed by atoms with Crippen LogP contribution in [0.1, 0.15) is 24.6 Å². The second-order valence-electron chi connectivity index (χ2n) is 4.73. The molecular weight excluding hydrogens is 292 g/mol. The van der Waals surface area contributed by atoms with Crippen molar-refractivity contribution in [2.75, 3.05) is 5.73 Å². The molecule has 0 saturated carbocycles. The zero-order chi connectivity index (χ0) is 15.6. The molecule has 0 aromatic carbocycles. The van der Waals surface area contributed by atoms with Gasteiger partial charge in [-0.2, -0.15) is 0 Å². The molecule has 1 aromatic heterocycles. The van der Waals surface area contributed by atoms with Crippen LogP contribution < -0.4 is 11.1 Å². The number of rotatable bonds is 3. The molecule has 7 nitrogen and oxygen atoms in total. The van der Waals surface area contributed by atoms with Crippen LogP contribution in [-0.2, 0) is 14.4 Å². The molecule has 112 valence electrons. The van der Waals surface area contributed by atoms with Gasteiger partial charge in [0.2, 0.25) is 18.2 Å². The molecule has 2 heterocycles. The van der Waals surface area contributed by atoms with Crippen molar-refractivity contribution in [3.63, 3.8) is 0 Å². The van der Waals surface area contributed by atoms with E-state index in [9.17, 15) is 14.4 Å². The van der Waals surface area contributed by atoms with Crippen molar-refractivity contribution in [1.82, 2.24) is 10.2 Å². The molecule has 0 spiro atoms. The fourth-order valence-corrected chi connectivity index (χ4v) is 2.84. The summed E-state index contributed by atoms with van der Waals surface area (Å²) in [5, 5.41) is 4.00. The maximum atomic E-state index is 11.8. The summed E-state index contributed by atoms with van der Waals surface area (Å²) in [4.78, 5) is 40.8. The first kappa shape index (κ1) is 15.2. The number of aryl methyl sites for hydroxylation is 1. The van der Waals surface area contributed by atoms with Gasteiger partial charge in [0.05, 0.1) is 5.69 Å². The number of nitrogen functional groups attached to an aromatic ring is 1. The van der Waals surface area contributed by atoms with Gasteiger partial charge in [0, 0.05) is 16.7 Å². The third-order valence-corrected chi connectivity index (χ3v) is 4.19. The third-order valence-electron chi connectivity index (χ3n) is 3.28. The minimum absolute atomic E-state index is 0.202. The van der Waals surface area contributed by atoms with E-state index < -0.39 is 11.9 Å². The molecule has 8 heteroatoms. The van der Waals surface area contributed by atoms with Gasteiger partial charge in [0.1, 0.15) is 17.6 Å². The summed E-state index contributed by atoms with van der Waals surface area (Å²) in [6.07, 6.45) is 1.04. The van der Waals surface area contributed by atoms with Crippen molar-refractivity contribution in [1.29, 1.82) is 0 Å². The maximum absolute atomic E-state index is 11.8. The van der Waals surface area contributed by atoms with Gasteiger partial charge in [-0.3, -0.25) is 24.6 Å². The molecule has 0 radical (unpaired) electrons. The quantitative estimate of drug-likeness (QED) is 0.375. The van der Waals surface area contributed by atoms with Crippen LogP contribution in [0.25, 0.3) is 0 Å². The van der Waals surface area contributed by atoms with Gasteiger partial charge in [-0.1, -0.05) is 0 Å². The van der Waals surface area contributed by atoms with E-state index in [1.807, 2.05) is 6.92 Å². The summed E-state index contributed by atoms with van der Waals surface area (Å²) in [5.74, 6) is -0.440. The van der Waals surface area contributed by atoms with E-state index in [1.165, 1.54) is 16.2 Å². The van der Waals surface area contributed by atoms with Crippen LogP contribution >= 0.6 is 11.3 Å². The minimum Gasteiger partial charge on any atom is -0.396 e. The van der Waals surface area contributed by atoms with E-state index in [0.29, 0.717) is 23.6 Å². The Labute approximate surface area is 125 Å². The van der Waals surface area contributed by atoms with Crippen molar-refractivity contribution in [2.24, 2.45) is 4.99 Å². The first-order valence-corrected chi connectivity index (χ1v) is 7.28. The van der Waals surface area contributed by atoms with Gasteiger partial charge in [0.15, 0.2) is 0 Å². The highest BCUT2D eigenvalue weighted by molar-refractivity contribution is 7.11. The number of thiophene rings is 1. The summed E-state index contributed by atoms with van der Waals surface area (Å²) in [6, 6.07) is -0.718. The van der Waals surface area contributed by atoms with E-state index in [-0.39, 0.29) is 18.7 Å². The summed E-state index contributed by atoms with van der Waals surface area (Å²) in [7, 11) is 0. The van der Waals surface area contributed by atoms with Crippen LogP contribution in [0.15, 0.2) is 10.4 Å². The lowest BCUT2D eigenvalue weighted by atomic mass is 10.0. The number of piperidine rings is 1. The van der Waals surface area contributed by atoms with Crippen LogP contribution in [0.2, 0.25) is 0 Å². The number of carbonyl (C=O) groups is 3. The molecule has 0 aliphatic carbocycles. The van der Waals surface area contributed by atoms with Crippen LogP contribution in [0, 0.1) is 6.92 Å². The molecule has 1 saturated heterocycles. The lowest BCUT2D eigenvalue weighted by Gasteiger charge is -2.29. The number of nitrogens with zero attached hydrogens (tertiary/aromatic N) is 2. The van der Waals surface area contributed by atoms with Gasteiger partial charge in [0.25, 0.3) is 0 Å². The number of amides is 3. The second-order valence-corrected chi connectivity index (χ2v) is 5.82. The normalized spacial score (nSPS) is 19.3. The predicted octanol–water partition coefficient (Wildman–Crippen LogP) is 0.952. The van der Waals surface area contributed by atoms with Crippen molar-refractivity contribution in [3.05, 3.63) is 10.3 Å². The predicted molar refractivity (Wildman–Crippen MR) is 80.3 cm³/mol. The van der Waals surface area contributed by atoms with Gasteiger partial charge < -0.3 is 5.73 Å². The molecule has 0 bridgehead atoms. The van der Waals surface area contributed by atoms with E-state index in [2.05, 4.69) is 10.3 Å². The highest BCUT2D eigenvalue weighted by Gasteiger charge is 2.32. The van der Waals surface area contributed by atoms with Crippen molar-refractivity contribution in [3.8, 4) is 0 Å². The Bertz CT molecular complexity index is 603. The monoisotopic (exact) mass is 308 g/mol. The molecule has 1 atom stereocenters. The topological polar surface area (TPSA) is 105 Å². The molecule has 3 amide bonds. The van der Waals surface area contributed by atoms with E-state index in [4.69, 9.17) is 5.73 Å². The number of carbonyl (C=O) groups excluding carboxylic acids is 3. The lowest BCUT2D eigenvalue weighted by Crippen LogP contribution is -2.53. The number of amidine groups is 1. The lowest BCUT2D eigenvalue weighted by molar-refractivity contribution is -0.138. The average Bonchev–Trinajstić information content (AvgIpc) is 2.74. The smallest absolute Gasteiger partial charge is 0.249 e. The Balaban J connectivity index is 2.27. The molecule has 3 N–H and O–H groups in total. The van der Waals surface area contributed by atoms with E-state index in [1.54, 1.807) is 12.3 Å². The average molecular weight is 308 g/mol. The van der Waals surface area contributed by atoms with E-state index >= 15 is 0 Å². The summed E-state index contributed by atoms with van der Waals surface area (Å²) >= 11 is 1.47. The number of nitrogens with two attached hydrogens (primary N) is 1. The SMILES string of the molecule is CC(=Nc1c(N)csc1C)N(C=O)C1CCC(=O)NC1=O. The number of hydrogen-bond donors (Lipinski definition) is 2. The molecular formula is C13H16N4O3S. The first-order valence-electron chi connectivity index (χ1n) is 6.40. The highest BCUT2D eigenvalue weighted by Crippen LogP contribution is 2.32. The molecule has 2 rings (SSSR count). The third kappa shape index (κ3) is 3.10. The Morgan fingerprint density at radius 1 is 1.57 bits per heavy atom. The van der Waals surface area contributed by atoms with Crippen LogP contribution in [-0.4, -0.2) is 35.0 Å². The standard InChI is InChI=1S/C13H16N4O3S/c1-7-12(9(14)5-21-7)15-8(2)17(6-18)10-3-4-11(19)16-13(10)20/h5-6,10H,3-4,14H2,1-2H3,(H,16,19,20). The minimum atomic E-state index is -0.718. The van der Waals surface area contributed by atoms with Crippen molar-refractivity contribution < 1.29 is 14.4 Å². The number of hydrogen-bond acceptors (Lipinski definition) is 6. The largest absolute Gasteiger partial charge is 0.396 e. The molecule has 1 fully saturated rings. The van der Waals surface area contributed by atoms with Gasteiger partial charge in [-0.25, -0.2) is 4.99 Å². The Kier molecular flexibility index (Phi) is 4.37. The highest BCUT2D eigenvalue weighted by atomic mass is 32.1. The zero-order valence-electron chi connectivity index (χ0n) is 11.8. The van der Waals surface area contributed by atoms with Crippen molar-refractivity contribution >= 4 is 46.8 Å². The second kappa shape index (κ2) is 6.04. The Hall–Kier alpha value is -2.22. The Morgan fingerprint density at radius 3 is 2.81 bits per heavy atom. The molecule has 1 aliphatic heterocycles. The molecule has 1 aromatic rings. The van der Waals surface area contributed by atoms with Gasteiger partial charge in [-0.05, 0) is 20.3 Å². The van der Waals surface area contributed by atoms with Crippen LogP contribution in [0.5, 0.6) is 0 Å². The fraction of sp³-hybridized carbons (Fsp3) is 0.385. The number of aliphatic imine (C=N–C) groups is 1. The molecule has 1 aliphatic rings. The summed E-state index contributed by atoms with van der Waals surface area (Å²) in [5.41, 5.74) is 6.97. The summed E-state index contributed by atoms with van der Waals surface area (Å²) in [6.45, 7) is 3.51. The summed E-state index contributed by atoms with van der Waals surface area (Å²) < 4.78 is 0. The van der Waals surface area contributed by atoms with E-state index in [0.717, 1.165) is 4.88 Å². The number of imide groups is 1. The van der Waals surface area contributed by atoms with Crippen LogP contribution in [0.4, 0.5) is 11.4 Å². The Morgan fingerprint density at radius 2 is 2.29 bits per heavy atom. The van der Waals surface area contributed by atoms with Gasteiger partial charge in [-0.15, -0.1) is 11.3 Å².